The standard InChI is InChI=1S/C46H67O11PS2/c1-32-26-34(3)43(36(5)41(32)14-18-56-22-20-54-16-10-24-59-39(28-47)29-48)45(51)58(53,38-12-8-7-9-13-38)46(52)44-35(4)27-33(2)42(37(44)6)15-19-57-23-21-55-17-11-25-60-40(30-49)31-50/h7-9,12-13,26-27,39-40,47-50H,10-11,14-25,28-31H2,1-6H3. The van der Waals surface area contributed by atoms with E-state index >= 15 is 4.57 Å². The third-order valence-corrected chi connectivity index (χ3v) is 15.7. The van der Waals surface area contributed by atoms with Crippen LogP contribution < -0.4 is 5.30 Å². The van der Waals surface area contributed by atoms with Crippen LogP contribution in [-0.4, -0.2) is 133 Å². The molecule has 3 aromatic rings. The molecule has 60 heavy (non-hydrogen) atoms. The average molecular weight is 891 g/mol. The summed E-state index contributed by atoms with van der Waals surface area (Å²) in [5.74, 6) is 1.56. The van der Waals surface area contributed by atoms with Crippen LogP contribution in [0.2, 0.25) is 0 Å². The Balaban J connectivity index is 1.74. The van der Waals surface area contributed by atoms with Gasteiger partial charge in [0.05, 0.1) is 76.6 Å². The fourth-order valence-corrected chi connectivity index (χ4v) is 11.5. The van der Waals surface area contributed by atoms with Crippen LogP contribution in [0.5, 0.6) is 0 Å². The Bertz CT molecular complexity index is 1720. The van der Waals surface area contributed by atoms with Crippen molar-refractivity contribution in [3.63, 3.8) is 0 Å². The van der Waals surface area contributed by atoms with Crippen molar-refractivity contribution < 1.29 is 53.5 Å². The largest absolute Gasteiger partial charge is 0.395 e. The molecule has 0 spiro atoms. The number of carbonyl (C=O) groups is 2. The lowest BCUT2D eigenvalue weighted by Gasteiger charge is -2.24. The highest BCUT2D eigenvalue weighted by Crippen LogP contribution is 2.53. The van der Waals surface area contributed by atoms with Gasteiger partial charge in [-0.05, 0) is 123 Å². The van der Waals surface area contributed by atoms with E-state index in [0.29, 0.717) is 99.1 Å². The summed E-state index contributed by atoms with van der Waals surface area (Å²) in [4.78, 5) is 29.9. The van der Waals surface area contributed by atoms with Crippen LogP contribution in [-0.2, 0) is 36.4 Å². The van der Waals surface area contributed by atoms with Gasteiger partial charge < -0.3 is 43.9 Å². The van der Waals surface area contributed by atoms with Gasteiger partial charge in [0.1, 0.15) is 0 Å². The monoisotopic (exact) mass is 890 g/mol. The van der Waals surface area contributed by atoms with Crippen LogP contribution in [0.3, 0.4) is 0 Å². The summed E-state index contributed by atoms with van der Waals surface area (Å²) in [6.45, 7) is 14.7. The summed E-state index contributed by atoms with van der Waals surface area (Å²) >= 11 is 3.04. The maximum Gasteiger partial charge on any atom is 0.248 e. The highest BCUT2D eigenvalue weighted by molar-refractivity contribution is 8.01. The smallest absolute Gasteiger partial charge is 0.248 e. The molecular formula is C46H67O11PS2. The predicted molar refractivity (Wildman–Crippen MR) is 244 cm³/mol. The van der Waals surface area contributed by atoms with E-state index in [1.807, 2.05) is 53.7 Å². The molecule has 0 unspecified atom stereocenters. The van der Waals surface area contributed by atoms with Crippen molar-refractivity contribution in [2.45, 2.75) is 77.7 Å². The summed E-state index contributed by atoms with van der Waals surface area (Å²) in [6, 6.07) is 12.3. The van der Waals surface area contributed by atoms with E-state index in [-0.39, 0.29) is 42.2 Å². The van der Waals surface area contributed by atoms with E-state index in [4.69, 9.17) is 18.9 Å². The highest BCUT2D eigenvalue weighted by atomic mass is 32.2. The Morgan fingerprint density at radius 2 is 0.917 bits per heavy atom. The van der Waals surface area contributed by atoms with Crippen molar-refractivity contribution in [3.05, 3.63) is 98.1 Å². The van der Waals surface area contributed by atoms with Gasteiger partial charge in [-0.3, -0.25) is 9.59 Å². The van der Waals surface area contributed by atoms with Crippen LogP contribution in [0, 0.1) is 41.5 Å². The SMILES string of the molecule is Cc1cc(C)c(C(=O)P(=O)(C(=O)c2c(C)cc(C)c(CCOCCOCCCSC(CO)CO)c2C)c2ccccc2)c(C)c1CCOCCOCCCSC(CO)CO. The molecule has 11 nitrogen and oxygen atoms in total. The van der Waals surface area contributed by atoms with E-state index in [9.17, 15) is 30.0 Å². The number of aliphatic hydroxyl groups excluding tert-OH is 4. The first-order valence-electron chi connectivity index (χ1n) is 20.8. The van der Waals surface area contributed by atoms with Crippen LogP contribution in [0.1, 0.15) is 78.1 Å². The topological polar surface area (TPSA) is 169 Å². The minimum absolute atomic E-state index is 0.0524. The molecule has 0 heterocycles. The Morgan fingerprint density at radius 1 is 0.550 bits per heavy atom. The number of ether oxygens (including phenoxy) is 4. The molecule has 4 N–H and O–H groups in total. The molecule has 3 aromatic carbocycles. The third kappa shape index (κ3) is 14.9. The Labute approximate surface area is 365 Å². The quantitative estimate of drug-likeness (QED) is 0.0420. The summed E-state index contributed by atoms with van der Waals surface area (Å²) in [5.41, 5.74) is 5.78. The van der Waals surface area contributed by atoms with Gasteiger partial charge >= 0.3 is 0 Å². The zero-order valence-electron chi connectivity index (χ0n) is 36.3. The number of hydrogen-bond donors (Lipinski definition) is 4. The first kappa shape index (κ1) is 52.0. The molecule has 0 fully saturated rings. The molecule has 0 atom stereocenters. The van der Waals surface area contributed by atoms with E-state index in [1.165, 1.54) is 23.5 Å². The zero-order valence-corrected chi connectivity index (χ0v) is 38.9. The lowest BCUT2D eigenvalue weighted by molar-refractivity contribution is 0.0493. The van der Waals surface area contributed by atoms with Crippen molar-refractivity contribution in [3.8, 4) is 0 Å². The maximum absolute atomic E-state index is 15.6. The summed E-state index contributed by atoms with van der Waals surface area (Å²) in [5, 5.41) is 36.6. The third-order valence-electron chi connectivity index (χ3n) is 10.5. The molecule has 14 heteroatoms. The fourth-order valence-electron chi connectivity index (χ4n) is 7.30. The van der Waals surface area contributed by atoms with E-state index in [0.717, 1.165) is 46.6 Å². The summed E-state index contributed by atoms with van der Waals surface area (Å²) < 4.78 is 38.7. The van der Waals surface area contributed by atoms with Gasteiger partial charge in [0, 0.05) is 29.6 Å². The highest BCUT2D eigenvalue weighted by Gasteiger charge is 2.45. The number of aryl methyl sites for hydroxylation is 4. The van der Waals surface area contributed by atoms with Crippen molar-refractivity contribution >= 4 is 47.0 Å². The van der Waals surface area contributed by atoms with E-state index in [2.05, 4.69) is 0 Å². The number of rotatable bonds is 31. The minimum Gasteiger partial charge on any atom is -0.395 e. The van der Waals surface area contributed by atoms with Crippen LogP contribution in [0.15, 0.2) is 42.5 Å². The average Bonchev–Trinajstić information content (AvgIpc) is 3.23. The minimum atomic E-state index is -4.43. The van der Waals surface area contributed by atoms with Gasteiger partial charge in [-0.1, -0.05) is 42.5 Å². The lowest BCUT2D eigenvalue weighted by Crippen LogP contribution is -2.24. The van der Waals surface area contributed by atoms with E-state index in [1.54, 1.807) is 30.3 Å². The number of benzene rings is 3. The molecule has 3 rings (SSSR count). The van der Waals surface area contributed by atoms with Gasteiger partial charge in [0.15, 0.2) is 0 Å². The second-order valence-corrected chi connectivity index (χ2v) is 20.3. The van der Waals surface area contributed by atoms with Crippen LogP contribution in [0.4, 0.5) is 0 Å². The predicted octanol–water partition coefficient (Wildman–Crippen LogP) is 6.31. The molecule has 0 saturated carbocycles. The second-order valence-electron chi connectivity index (χ2n) is 14.9. The van der Waals surface area contributed by atoms with Gasteiger partial charge in [0.25, 0.3) is 0 Å². The molecule has 0 aliphatic heterocycles. The molecule has 0 aliphatic rings. The molecule has 334 valence electrons. The molecule has 0 amide bonds. The molecule has 0 aromatic heterocycles. The summed E-state index contributed by atoms with van der Waals surface area (Å²) in [6.07, 6.45) is 2.64. The molecular weight excluding hydrogens is 824 g/mol. The molecule has 0 bridgehead atoms. The van der Waals surface area contributed by atoms with Gasteiger partial charge in [-0.2, -0.15) is 23.5 Å². The Hall–Kier alpha value is -2.39. The Kier molecular flexibility index (Phi) is 23.9. The van der Waals surface area contributed by atoms with Crippen molar-refractivity contribution in [1.29, 1.82) is 0 Å². The van der Waals surface area contributed by atoms with Crippen molar-refractivity contribution in [2.24, 2.45) is 0 Å². The number of thioether (sulfide) groups is 2. The summed E-state index contributed by atoms with van der Waals surface area (Å²) in [7, 11) is -4.43. The van der Waals surface area contributed by atoms with Crippen LogP contribution in [0.25, 0.3) is 0 Å². The number of carbonyl (C=O) groups excluding carboxylic acids is 2. The zero-order chi connectivity index (χ0) is 44.1. The maximum atomic E-state index is 15.6. The van der Waals surface area contributed by atoms with E-state index < -0.39 is 18.2 Å². The fraction of sp³-hybridized carbons (Fsp3) is 0.565. The molecule has 0 saturated heterocycles. The van der Waals surface area contributed by atoms with Crippen molar-refractivity contribution in [1.82, 2.24) is 0 Å². The van der Waals surface area contributed by atoms with Gasteiger partial charge in [0.2, 0.25) is 18.2 Å². The second kappa shape index (κ2) is 27.6. The lowest BCUT2D eigenvalue weighted by atomic mass is 9.92. The van der Waals surface area contributed by atoms with Gasteiger partial charge in [-0.25, -0.2) is 0 Å². The normalized spacial score (nSPS) is 11.9. The first-order valence-corrected chi connectivity index (χ1v) is 24.6. The first-order chi connectivity index (χ1) is 28.9. The van der Waals surface area contributed by atoms with Gasteiger partial charge in [-0.15, -0.1) is 0 Å². The van der Waals surface area contributed by atoms with Crippen molar-refractivity contribution in [2.75, 3.05) is 90.8 Å². The number of aliphatic hydroxyl groups is 4. The molecule has 0 aliphatic carbocycles. The molecule has 0 radical (unpaired) electrons. The Morgan fingerprint density at radius 3 is 1.28 bits per heavy atom. The number of hydrogen-bond acceptors (Lipinski definition) is 13. The van der Waals surface area contributed by atoms with Crippen LogP contribution >= 0.6 is 30.7 Å².